The van der Waals surface area contributed by atoms with E-state index in [1.54, 1.807) is 0 Å². The van der Waals surface area contributed by atoms with E-state index in [2.05, 4.69) is 6.92 Å². The minimum Gasteiger partial charge on any atom is -0.479 e. The summed E-state index contributed by atoms with van der Waals surface area (Å²) in [4.78, 5) is 10.3. The fourth-order valence-electron chi connectivity index (χ4n) is 3.00. The maximum absolute atomic E-state index is 12.8. The lowest BCUT2D eigenvalue weighted by atomic mass is 10.0. The van der Waals surface area contributed by atoms with Crippen LogP contribution in [0.3, 0.4) is 0 Å². The minimum atomic E-state index is -1.67. The average molecular weight is 331 g/mol. The fraction of sp³-hybridized carbons (Fsp3) is 0.950. The van der Waals surface area contributed by atoms with Crippen molar-refractivity contribution in [2.75, 3.05) is 0 Å². The molecule has 0 saturated heterocycles. The molecular weight excluding hydrogens is 291 g/mol. The van der Waals surface area contributed by atoms with Gasteiger partial charge in [0.1, 0.15) is 0 Å². The minimum absolute atomic E-state index is 0.174. The van der Waals surface area contributed by atoms with E-state index in [-0.39, 0.29) is 6.42 Å². The van der Waals surface area contributed by atoms with E-state index >= 15 is 0 Å². The number of rotatable bonds is 18. The van der Waals surface area contributed by atoms with Gasteiger partial charge in [0.2, 0.25) is 0 Å². The predicted molar refractivity (Wildman–Crippen MR) is 96.7 cm³/mol. The van der Waals surface area contributed by atoms with E-state index in [1.807, 2.05) is 0 Å². The van der Waals surface area contributed by atoms with Gasteiger partial charge in [-0.25, -0.2) is 9.18 Å². The third-order valence-corrected chi connectivity index (χ3v) is 4.58. The summed E-state index contributed by atoms with van der Waals surface area (Å²) in [6.07, 6.45) is 19.0. The van der Waals surface area contributed by atoms with Crippen molar-refractivity contribution in [1.29, 1.82) is 0 Å². The highest BCUT2D eigenvalue weighted by Gasteiger charge is 2.13. The second-order valence-electron chi connectivity index (χ2n) is 6.90. The van der Waals surface area contributed by atoms with Crippen molar-refractivity contribution >= 4 is 5.97 Å². The van der Waals surface area contributed by atoms with Gasteiger partial charge in [-0.15, -0.1) is 0 Å². The van der Waals surface area contributed by atoms with Gasteiger partial charge in [0.25, 0.3) is 0 Å². The van der Waals surface area contributed by atoms with Crippen LogP contribution in [0.1, 0.15) is 116 Å². The third-order valence-electron chi connectivity index (χ3n) is 4.58. The van der Waals surface area contributed by atoms with Crippen molar-refractivity contribution in [3.05, 3.63) is 0 Å². The van der Waals surface area contributed by atoms with Crippen LogP contribution in [0.4, 0.5) is 4.39 Å². The van der Waals surface area contributed by atoms with Crippen molar-refractivity contribution in [2.45, 2.75) is 122 Å². The molecule has 23 heavy (non-hydrogen) atoms. The van der Waals surface area contributed by atoms with Crippen LogP contribution in [0.2, 0.25) is 0 Å². The maximum atomic E-state index is 12.8. The van der Waals surface area contributed by atoms with Crippen molar-refractivity contribution in [3.63, 3.8) is 0 Å². The van der Waals surface area contributed by atoms with Crippen LogP contribution in [-0.4, -0.2) is 17.2 Å². The zero-order valence-electron chi connectivity index (χ0n) is 15.3. The number of aliphatic carboxylic acids is 1. The number of unbranched alkanes of at least 4 members (excludes halogenated alkanes) is 15. The highest BCUT2D eigenvalue weighted by molar-refractivity contribution is 5.71. The number of hydrogen-bond donors (Lipinski definition) is 1. The molecular formula is C20H39FO2. The Balaban J connectivity index is 3.04. The van der Waals surface area contributed by atoms with E-state index in [9.17, 15) is 9.18 Å². The van der Waals surface area contributed by atoms with Gasteiger partial charge in [0, 0.05) is 0 Å². The van der Waals surface area contributed by atoms with Crippen LogP contribution in [-0.2, 0) is 4.79 Å². The number of halogens is 1. The quantitative estimate of drug-likeness (QED) is 0.273. The van der Waals surface area contributed by atoms with Crippen molar-refractivity contribution in [2.24, 2.45) is 0 Å². The van der Waals surface area contributed by atoms with Gasteiger partial charge in [-0.2, -0.15) is 0 Å². The van der Waals surface area contributed by atoms with E-state index in [4.69, 9.17) is 5.11 Å². The highest BCUT2D eigenvalue weighted by atomic mass is 19.1. The first-order valence-electron chi connectivity index (χ1n) is 10.0. The fourth-order valence-corrected chi connectivity index (χ4v) is 3.00. The topological polar surface area (TPSA) is 37.3 Å². The molecule has 0 aliphatic rings. The summed E-state index contributed by atoms with van der Waals surface area (Å²) in [5.74, 6) is -1.31. The monoisotopic (exact) mass is 330 g/mol. The second-order valence-corrected chi connectivity index (χ2v) is 6.90. The molecule has 0 heterocycles. The molecule has 0 rings (SSSR count). The molecule has 0 fully saturated rings. The lowest BCUT2D eigenvalue weighted by Crippen LogP contribution is -2.13. The van der Waals surface area contributed by atoms with Crippen LogP contribution in [0.5, 0.6) is 0 Å². The molecule has 1 atom stereocenters. The zero-order chi connectivity index (χ0) is 17.2. The van der Waals surface area contributed by atoms with Gasteiger partial charge < -0.3 is 5.11 Å². The van der Waals surface area contributed by atoms with E-state index < -0.39 is 12.1 Å². The molecule has 0 spiro atoms. The summed E-state index contributed by atoms with van der Waals surface area (Å²) < 4.78 is 12.8. The molecule has 0 aromatic carbocycles. The number of alkyl halides is 1. The molecule has 1 unspecified atom stereocenters. The lowest BCUT2D eigenvalue weighted by molar-refractivity contribution is -0.143. The van der Waals surface area contributed by atoms with Crippen molar-refractivity contribution in [1.82, 2.24) is 0 Å². The molecule has 0 radical (unpaired) electrons. The molecule has 2 nitrogen and oxygen atoms in total. The Bertz CT molecular complexity index is 256. The number of carboxylic acid groups (broad SMARTS) is 1. The molecule has 0 aliphatic carbocycles. The van der Waals surface area contributed by atoms with Gasteiger partial charge in [-0.1, -0.05) is 103 Å². The summed E-state index contributed by atoms with van der Waals surface area (Å²) in [5.41, 5.74) is 0. The van der Waals surface area contributed by atoms with Crippen molar-refractivity contribution in [3.8, 4) is 0 Å². The Labute approximate surface area is 143 Å². The van der Waals surface area contributed by atoms with E-state index in [1.165, 1.54) is 83.5 Å². The molecule has 0 aromatic rings. The van der Waals surface area contributed by atoms with E-state index in [0.717, 1.165) is 12.8 Å². The standard InChI is InChI=1S/C20H39FO2/c1-2-3-4-5-6-7-8-9-10-11-12-13-14-15-16-17-18-19(21)20(22)23/h19H,2-18H2,1H3,(H,22,23). The SMILES string of the molecule is CCCCCCCCCCCCCCCCCCC(F)C(=O)O. The van der Waals surface area contributed by atoms with Crippen molar-refractivity contribution < 1.29 is 14.3 Å². The molecule has 138 valence electrons. The number of carboxylic acids is 1. The van der Waals surface area contributed by atoms with Gasteiger partial charge in [0.05, 0.1) is 0 Å². The van der Waals surface area contributed by atoms with Crippen LogP contribution < -0.4 is 0 Å². The highest BCUT2D eigenvalue weighted by Crippen LogP contribution is 2.14. The van der Waals surface area contributed by atoms with Crippen LogP contribution in [0.15, 0.2) is 0 Å². The van der Waals surface area contributed by atoms with Gasteiger partial charge in [-0.3, -0.25) is 0 Å². The molecule has 0 saturated carbocycles. The number of carbonyl (C=O) groups is 1. The summed E-state index contributed by atoms with van der Waals surface area (Å²) >= 11 is 0. The second kappa shape index (κ2) is 17.7. The largest absolute Gasteiger partial charge is 0.479 e. The molecule has 0 aliphatic heterocycles. The Morgan fingerprint density at radius 1 is 0.696 bits per heavy atom. The van der Waals surface area contributed by atoms with Crippen LogP contribution >= 0.6 is 0 Å². The smallest absolute Gasteiger partial charge is 0.338 e. The summed E-state index contributed by atoms with van der Waals surface area (Å²) in [6, 6.07) is 0. The Hall–Kier alpha value is -0.600. The van der Waals surface area contributed by atoms with E-state index in [0.29, 0.717) is 6.42 Å². The predicted octanol–water partition coefficient (Wildman–Crippen LogP) is 7.06. The Kier molecular flexibility index (Phi) is 17.3. The van der Waals surface area contributed by atoms with Gasteiger partial charge >= 0.3 is 5.97 Å². The first-order valence-corrected chi connectivity index (χ1v) is 10.0. The lowest BCUT2D eigenvalue weighted by Gasteiger charge is -2.04. The number of hydrogen-bond acceptors (Lipinski definition) is 1. The Morgan fingerprint density at radius 2 is 1.00 bits per heavy atom. The first kappa shape index (κ1) is 22.4. The molecule has 0 bridgehead atoms. The molecule has 3 heteroatoms. The summed E-state index contributed by atoms with van der Waals surface area (Å²) in [7, 11) is 0. The third kappa shape index (κ3) is 17.6. The van der Waals surface area contributed by atoms with Crippen LogP contribution in [0.25, 0.3) is 0 Å². The normalized spacial score (nSPS) is 12.4. The molecule has 1 N–H and O–H groups in total. The average Bonchev–Trinajstić information content (AvgIpc) is 2.54. The maximum Gasteiger partial charge on any atom is 0.338 e. The summed E-state index contributed by atoms with van der Waals surface area (Å²) in [5, 5.41) is 8.43. The van der Waals surface area contributed by atoms with Crippen LogP contribution in [0, 0.1) is 0 Å². The molecule has 0 amide bonds. The molecule has 0 aromatic heterocycles. The van der Waals surface area contributed by atoms with Gasteiger partial charge in [0.15, 0.2) is 6.17 Å². The van der Waals surface area contributed by atoms with Gasteiger partial charge in [-0.05, 0) is 12.8 Å². The first-order chi connectivity index (χ1) is 11.2. The summed E-state index contributed by atoms with van der Waals surface area (Å²) in [6.45, 7) is 2.26. The zero-order valence-corrected chi connectivity index (χ0v) is 15.3. The Morgan fingerprint density at radius 3 is 1.30 bits per heavy atom.